The van der Waals surface area contributed by atoms with Gasteiger partial charge in [0.05, 0.1) is 10.2 Å². The van der Waals surface area contributed by atoms with E-state index in [4.69, 9.17) is 4.74 Å². The van der Waals surface area contributed by atoms with Crippen LogP contribution in [0.4, 0.5) is 5.13 Å². The summed E-state index contributed by atoms with van der Waals surface area (Å²) in [4.78, 5) is 16.6. The van der Waals surface area contributed by atoms with Gasteiger partial charge in [-0.25, -0.2) is 4.98 Å². The molecular formula is C20H19BrN2O2S. The number of hydrogen-bond donors (Lipinski definition) is 1. The zero-order chi connectivity index (χ0) is 18.7. The molecule has 0 bridgehead atoms. The number of anilines is 1. The molecule has 2 aromatic carbocycles. The van der Waals surface area contributed by atoms with Crippen LogP contribution in [0.25, 0.3) is 11.3 Å². The molecule has 0 radical (unpaired) electrons. The average Bonchev–Trinajstić information content (AvgIpc) is 3.05. The fourth-order valence-corrected chi connectivity index (χ4v) is 3.73. The number of carbonyl (C=O) groups is 1. The molecule has 26 heavy (non-hydrogen) atoms. The highest BCUT2D eigenvalue weighted by Crippen LogP contribution is 2.27. The maximum atomic E-state index is 12.1. The second-order valence-corrected chi connectivity index (χ2v) is 7.82. The highest BCUT2D eigenvalue weighted by Gasteiger charge is 2.10. The second kappa shape index (κ2) is 8.01. The van der Waals surface area contributed by atoms with Crippen LogP contribution >= 0.6 is 27.3 Å². The van der Waals surface area contributed by atoms with E-state index in [1.807, 2.05) is 36.6 Å². The SMILES string of the molecule is Cc1ccc(OCC(=O)Nc2nc(-c3ccc(C)c(C)c3)cs2)c(Br)c1. The van der Waals surface area contributed by atoms with Gasteiger partial charge < -0.3 is 4.74 Å². The third-order valence-corrected chi connectivity index (χ3v) is 5.38. The van der Waals surface area contributed by atoms with Gasteiger partial charge in [0, 0.05) is 10.9 Å². The lowest BCUT2D eigenvalue weighted by molar-refractivity contribution is -0.118. The Morgan fingerprint density at radius 2 is 1.96 bits per heavy atom. The number of amides is 1. The number of thiazole rings is 1. The first-order valence-electron chi connectivity index (χ1n) is 8.14. The minimum absolute atomic E-state index is 0.0692. The summed E-state index contributed by atoms with van der Waals surface area (Å²) < 4.78 is 6.39. The topological polar surface area (TPSA) is 51.2 Å². The van der Waals surface area contributed by atoms with Gasteiger partial charge in [0.2, 0.25) is 0 Å². The summed E-state index contributed by atoms with van der Waals surface area (Å²) in [5.41, 5.74) is 5.49. The van der Waals surface area contributed by atoms with E-state index in [1.54, 1.807) is 0 Å². The smallest absolute Gasteiger partial charge is 0.264 e. The number of hydrogen-bond acceptors (Lipinski definition) is 4. The largest absolute Gasteiger partial charge is 0.483 e. The number of nitrogens with zero attached hydrogens (tertiary/aromatic N) is 1. The molecule has 1 aromatic heterocycles. The van der Waals surface area contributed by atoms with Crippen molar-refractivity contribution in [3.8, 4) is 17.0 Å². The van der Waals surface area contributed by atoms with Gasteiger partial charge in [-0.2, -0.15) is 0 Å². The maximum Gasteiger partial charge on any atom is 0.264 e. The average molecular weight is 431 g/mol. The maximum absolute atomic E-state index is 12.1. The van der Waals surface area contributed by atoms with Crippen LogP contribution in [0.2, 0.25) is 0 Å². The molecule has 3 rings (SSSR count). The van der Waals surface area contributed by atoms with Crippen molar-refractivity contribution >= 4 is 38.3 Å². The molecule has 3 aromatic rings. The monoisotopic (exact) mass is 430 g/mol. The van der Waals surface area contributed by atoms with Crippen LogP contribution < -0.4 is 10.1 Å². The van der Waals surface area contributed by atoms with Crippen molar-refractivity contribution in [3.05, 3.63) is 62.9 Å². The molecule has 4 nitrogen and oxygen atoms in total. The standard InChI is InChI=1S/C20H19BrN2O2S/c1-12-4-7-18(16(21)8-12)25-10-19(24)23-20-22-17(11-26-20)15-6-5-13(2)14(3)9-15/h4-9,11H,10H2,1-3H3,(H,22,23,24). The fourth-order valence-electron chi connectivity index (χ4n) is 2.39. The van der Waals surface area contributed by atoms with Crippen LogP contribution in [0, 0.1) is 20.8 Å². The molecule has 0 aliphatic carbocycles. The summed E-state index contributed by atoms with van der Waals surface area (Å²) in [6.07, 6.45) is 0. The Morgan fingerprint density at radius 1 is 1.15 bits per heavy atom. The molecule has 1 heterocycles. The van der Waals surface area contributed by atoms with E-state index in [0.717, 1.165) is 21.3 Å². The van der Waals surface area contributed by atoms with Crippen LogP contribution in [0.15, 0.2) is 46.3 Å². The number of benzene rings is 2. The van der Waals surface area contributed by atoms with Gasteiger partial charge in [0.15, 0.2) is 11.7 Å². The fraction of sp³-hybridized carbons (Fsp3) is 0.200. The quantitative estimate of drug-likeness (QED) is 0.579. The highest BCUT2D eigenvalue weighted by atomic mass is 79.9. The minimum Gasteiger partial charge on any atom is -0.483 e. The summed E-state index contributed by atoms with van der Waals surface area (Å²) in [7, 11) is 0. The first-order chi connectivity index (χ1) is 12.4. The number of carbonyl (C=O) groups excluding carboxylic acids is 1. The Kier molecular flexibility index (Phi) is 5.74. The molecule has 0 aliphatic heterocycles. The predicted molar refractivity (Wildman–Crippen MR) is 110 cm³/mol. The first kappa shape index (κ1) is 18.6. The molecule has 0 aliphatic rings. The molecule has 0 atom stereocenters. The normalized spacial score (nSPS) is 10.6. The molecular weight excluding hydrogens is 412 g/mol. The van der Waals surface area contributed by atoms with Crippen LogP contribution in [0.5, 0.6) is 5.75 Å². The van der Waals surface area contributed by atoms with E-state index in [1.165, 1.54) is 22.5 Å². The molecule has 0 unspecified atom stereocenters. The highest BCUT2D eigenvalue weighted by molar-refractivity contribution is 9.10. The number of halogens is 1. The van der Waals surface area contributed by atoms with Gasteiger partial charge in [0.25, 0.3) is 5.91 Å². The van der Waals surface area contributed by atoms with Gasteiger partial charge >= 0.3 is 0 Å². The van der Waals surface area contributed by atoms with Crippen LogP contribution in [-0.2, 0) is 4.79 Å². The summed E-state index contributed by atoms with van der Waals surface area (Å²) in [6.45, 7) is 6.09. The van der Waals surface area contributed by atoms with Gasteiger partial charge in [0.1, 0.15) is 5.75 Å². The summed E-state index contributed by atoms with van der Waals surface area (Å²) in [5.74, 6) is 0.402. The van der Waals surface area contributed by atoms with Crippen molar-refractivity contribution in [2.45, 2.75) is 20.8 Å². The van der Waals surface area contributed by atoms with E-state index >= 15 is 0 Å². The van der Waals surface area contributed by atoms with E-state index in [9.17, 15) is 4.79 Å². The van der Waals surface area contributed by atoms with Crippen molar-refractivity contribution in [1.29, 1.82) is 0 Å². The molecule has 134 valence electrons. The van der Waals surface area contributed by atoms with Crippen molar-refractivity contribution in [3.63, 3.8) is 0 Å². The Morgan fingerprint density at radius 3 is 2.69 bits per heavy atom. The molecule has 0 fully saturated rings. The van der Waals surface area contributed by atoms with Crippen molar-refractivity contribution in [2.75, 3.05) is 11.9 Å². The minimum atomic E-state index is -0.238. The summed E-state index contributed by atoms with van der Waals surface area (Å²) >= 11 is 4.84. The van der Waals surface area contributed by atoms with Crippen LogP contribution in [0.3, 0.4) is 0 Å². The lowest BCUT2D eigenvalue weighted by atomic mass is 10.1. The van der Waals surface area contributed by atoms with Gasteiger partial charge in [-0.15, -0.1) is 11.3 Å². The lowest BCUT2D eigenvalue weighted by Gasteiger charge is -2.08. The number of rotatable bonds is 5. The Bertz CT molecular complexity index is 953. The Balaban J connectivity index is 1.61. The molecule has 0 saturated heterocycles. The molecule has 6 heteroatoms. The zero-order valence-electron chi connectivity index (χ0n) is 14.8. The lowest BCUT2D eigenvalue weighted by Crippen LogP contribution is -2.20. The molecule has 0 spiro atoms. The zero-order valence-corrected chi connectivity index (χ0v) is 17.2. The number of ether oxygens (including phenoxy) is 1. The van der Waals surface area contributed by atoms with E-state index < -0.39 is 0 Å². The van der Waals surface area contributed by atoms with Crippen molar-refractivity contribution in [1.82, 2.24) is 4.98 Å². The molecule has 1 amide bonds. The Hall–Kier alpha value is -2.18. The van der Waals surface area contributed by atoms with E-state index in [2.05, 4.69) is 52.2 Å². The number of aromatic nitrogens is 1. The van der Waals surface area contributed by atoms with Crippen molar-refractivity contribution < 1.29 is 9.53 Å². The molecule has 0 saturated carbocycles. The second-order valence-electron chi connectivity index (χ2n) is 6.11. The van der Waals surface area contributed by atoms with E-state index in [0.29, 0.717) is 10.9 Å². The first-order valence-corrected chi connectivity index (χ1v) is 9.81. The predicted octanol–water partition coefficient (Wildman–Crippen LogP) is 5.52. The third kappa shape index (κ3) is 4.51. The van der Waals surface area contributed by atoms with Crippen LogP contribution in [0.1, 0.15) is 16.7 Å². The van der Waals surface area contributed by atoms with Crippen LogP contribution in [-0.4, -0.2) is 17.5 Å². The summed E-state index contributed by atoms with van der Waals surface area (Å²) in [5, 5.41) is 5.29. The summed E-state index contributed by atoms with van der Waals surface area (Å²) in [6, 6.07) is 12.0. The molecule has 1 N–H and O–H groups in total. The van der Waals surface area contributed by atoms with Gasteiger partial charge in [-0.1, -0.05) is 18.2 Å². The number of aryl methyl sites for hydroxylation is 3. The Labute approximate surface area is 165 Å². The number of nitrogens with one attached hydrogen (secondary N) is 1. The third-order valence-electron chi connectivity index (χ3n) is 4.00. The van der Waals surface area contributed by atoms with Gasteiger partial charge in [-0.3, -0.25) is 10.1 Å². The van der Waals surface area contributed by atoms with E-state index in [-0.39, 0.29) is 12.5 Å². The van der Waals surface area contributed by atoms with Gasteiger partial charge in [-0.05, 0) is 71.6 Å². The van der Waals surface area contributed by atoms with Crippen molar-refractivity contribution in [2.24, 2.45) is 0 Å².